The van der Waals surface area contributed by atoms with Gasteiger partial charge < -0.3 is 35.1 Å². The van der Waals surface area contributed by atoms with Crippen molar-refractivity contribution in [3.8, 4) is 0 Å². The lowest BCUT2D eigenvalue weighted by Crippen LogP contribution is -2.41. The summed E-state index contributed by atoms with van der Waals surface area (Å²) in [6, 6.07) is 19.0. The average molecular weight is 649 g/mol. The lowest BCUT2D eigenvalue weighted by atomic mass is 10.1. The second kappa shape index (κ2) is 14.3. The van der Waals surface area contributed by atoms with Gasteiger partial charge in [0.2, 0.25) is 0 Å². The van der Waals surface area contributed by atoms with E-state index in [9.17, 15) is 19.2 Å². The number of aryl methyl sites for hydroxylation is 2. The number of carbonyl (C=O) groups excluding carboxylic acids is 4. The van der Waals surface area contributed by atoms with Gasteiger partial charge in [0.1, 0.15) is 11.4 Å². The summed E-state index contributed by atoms with van der Waals surface area (Å²) in [6.07, 6.45) is 4.84. The van der Waals surface area contributed by atoms with Gasteiger partial charge in [0.25, 0.3) is 23.6 Å². The minimum Gasteiger partial charge on any atom is -0.379 e. The van der Waals surface area contributed by atoms with Crippen LogP contribution in [0.4, 0.5) is 17.1 Å². The second-order valence-corrected chi connectivity index (χ2v) is 11.5. The molecule has 1 saturated heterocycles. The number of amides is 4. The Bertz CT molecular complexity index is 1970. The molecule has 4 amide bonds. The van der Waals surface area contributed by atoms with E-state index >= 15 is 0 Å². The Morgan fingerprint density at radius 1 is 0.708 bits per heavy atom. The van der Waals surface area contributed by atoms with E-state index in [1.54, 1.807) is 78.1 Å². The number of anilines is 3. The Kier molecular flexibility index (Phi) is 9.60. The van der Waals surface area contributed by atoms with Crippen molar-refractivity contribution in [3.63, 3.8) is 0 Å². The van der Waals surface area contributed by atoms with Gasteiger partial charge in [-0.1, -0.05) is 18.2 Å². The van der Waals surface area contributed by atoms with Crippen LogP contribution in [0.2, 0.25) is 0 Å². The minimum atomic E-state index is -0.399. The number of hydrogen-bond donors (Lipinski definition) is 4. The predicted octanol–water partition coefficient (Wildman–Crippen LogP) is 3.73. The third-order valence-corrected chi connectivity index (χ3v) is 8.07. The van der Waals surface area contributed by atoms with E-state index in [-0.39, 0.29) is 17.7 Å². The molecular formula is C35H36N8O5. The van der Waals surface area contributed by atoms with E-state index in [0.29, 0.717) is 59.3 Å². The number of fused-ring (bicyclic) bond motifs is 1. The Morgan fingerprint density at radius 3 is 2.02 bits per heavy atom. The molecule has 3 aromatic heterocycles. The average Bonchev–Trinajstić information content (AvgIpc) is 3.65. The summed E-state index contributed by atoms with van der Waals surface area (Å²) in [7, 11) is 3.44. The van der Waals surface area contributed by atoms with Crippen molar-refractivity contribution in [2.75, 3.05) is 55.3 Å². The lowest BCUT2D eigenvalue weighted by molar-refractivity contribution is 0.0383. The van der Waals surface area contributed by atoms with Gasteiger partial charge in [0.15, 0.2) is 0 Å². The second-order valence-electron chi connectivity index (χ2n) is 11.5. The number of hydrogen-bond acceptors (Lipinski definition) is 7. The molecule has 1 fully saturated rings. The highest BCUT2D eigenvalue weighted by molar-refractivity contribution is 6.08. The molecule has 6 rings (SSSR count). The highest BCUT2D eigenvalue weighted by atomic mass is 16.5. The van der Waals surface area contributed by atoms with E-state index in [0.717, 1.165) is 30.5 Å². The van der Waals surface area contributed by atoms with Crippen molar-refractivity contribution in [2.24, 2.45) is 14.1 Å². The van der Waals surface area contributed by atoms with Gasteiger partial charge in [0.05, 0.1) is 35.7 Å². The fourth-order valence-electron chi connectivity index (χ4n) is 5.46. The Hall–Kier alpha value is -5.79. The van der Waals surface area contributed by atoms with Crippen LogP contribution in [0.3, 0.4) is 0 Å². The van der Waals surface area contributed by atoms with E-state index in [1.165, 1.54) is 6.20 Å². The zero-order valence-corrected chi connectivity index (χ0v) is 26.7. The number of morpholine rings is 1. The molecule has 1 aliphatic rings. The molecule has 48 heavy (non-hydrogen) atoms. The molecule has 1 aliphatic heterocycles. The molecule has 246 valence electrons. The summed E-state index contributed by atoms with van der Waals surface area (Å²) >= 11 is 0. The third kappa shape index (κ3) is 7.60. The van der Waals surface area contributed by atoms with Gasteiger partial charge in [-0.05, 0) is 48.5 Å². The number of ether oxygens (including phenoxy) is 1. The highest BCUT2D eigenvalue weighted by Crippen LogP contribution is 2.20. The van der Waals surface area contributed by atoms with Crippen LogP contribution in [0.25, 0.3) is 10.9 Å². The van der Waals surface area contributed by atoms with Crippen LogP contribution in [0.5, 0.6) is 0 Å². The standard InChI is InChI=1S/C35H36N8O5/c1-41-22-28(18-30(41)34(46)36-11-12-43-13-15-48-16-14-43)40-35(47)31-19-27(21-42(31)2)39-32(44)23-7-9-26(10-8-23)38-33(45)25-17-24-5-3-4-6-29(24)37-20-25/h3-10,17-22H,11-16H2,1-2H3,(H,36,46)(H,38,45)(H,39,44)(H,40,47). The number of aromatic nitrogens is 3. The molecule has 0 unspecified atom stereocenters. The molecule has 0 saturated carbocycles. The Labute approximate surface area is 276 Å². The summed E-state index contributed by atoms with van der Waals surface area (Å²) < 4.78 is 8.62. The topological polar surface area (TPSA) is 152 Å². The molecule has 0 bridgehead atoms. The van der Waals surface area contributed by atoms with E-state index in [4.69, 9.17) is 4.74 Å². The van der Waals surface area contributed by atoms with Crippen molar-refractivity contribution >= 4 is 51.6 Å². The summed E-state index contributed by atoms with van der Waals surface area (Å²) in [5, 5.41) is 12.3. The van der Waals surface area contributed by atoms with Crippen molar-refractivity contribution in [1.82, 2.24) is 24.3 Å². The summed E-state index contributed by atoms with van der Waals surface area (Å²) in [5.74, 6) is -1.32. The molecule has 0 spiro atoms. The zero-order chi connectivity index (χ0) is 33.6. The smallest absolute Gasteiger partial charge is 0.272 e. The lowest BCUT2D eigenvalue weighted by Gasteiger charge is -2.26. The van der Waals surface area contributed by atoms with Gasteiger partial charge in [-0.15, -0.1) is 0 Å². The van der Waals surface area contributed by atoms with Crippen LogP contribution in [0, 0.1) is 0 Å². The van der Waals surface area contributed by atoms with Crippen LogP contribution < -0.4 is 21.3 Å². The van der Waals surface area contributed by atoms with Gasteiger partial charge in [-0.3, -0.25) is 29.1 Å². The fraction of sp³-hybridized carbons (Fsp3) is 0.229. The first kappa shape index (κ1) is 32.2. The number of para-hydroxylation sites is 1. The first-order valence-corrected chi connectivity index (χ1v) is 15.5. The summed E-state index contributed by atoms with van der Waals surface area (Å²) in [4.78, 5) is 58.2. The van der Waals surface area contributed by atoms with Crippen LogP contribution >= 0.6 is 0 Å². The maximum Gasteiger partial charge on any atom is 0.272 e. The van der Waals surface area contributed by atoms with Crippen LogP contribution in [-0.4, -0.2) is 82.0 Å². The van der Waals surface area contributed by atoms with Gasteiger partial charge >= 0.3 is 0 Å². The maximum absolute atomic E-state index is 13.1. The number of nitrogens with zero attached hydrogens (tertiary/aromatic N) is 4. The monoisotopic (exact) mass is 648 g/mol. The normalized spacial score (nSPS) is 13.2. The molecule has 0 atom stereocenters. The molecule has 13 heteroatoms. The first-order valence-electron chi connectivity index (χ1n) is 15.5. The summed E-state index contributed by atoms with van der Waals surface area (Å²) in [6.45, 7) is 4.35. The maximum atomic E-state index is 13.1. The van der Waals surface area contributed by atoms with Crippen LogP contribution in [0.1, 0.15) is 41.7 Å². The van der Waals surface area contributed by atoms with Gasteiger partial charge in [0, 0.05) is 75.5 Å². The van der Waals surface area contributed by atoms with Crippen molar-refractivity contribution in [3.05, 3.63) is 108 Å². The minimum absolute atomic E-state index is 0.229. The first-order chi connectivity index (χ1) is 23.2. The molecule has 4 heterocycles. The fourth-order valence-corrected chi connectivity index (χ4v) is 5.46. The molecule has 13 nitrogen and oxygen atoms in total. The van der Waals surface area contributed by atoms with Crippen molar-refractivity contribution < 1.29 is 23.9 Å². The molecule has 5 aromatic rings. The van der Waals surface area contributed by atoms with Crippen molar-refractivity contribution in [1.29, 1.82) is 0 Å². The van der Waals surface area contributed by atoms with E-state index in [2.05, 4.69) is 31.2 Å². The largest absolute Gasteiger partial charge is 0.379 e. The number of nitrogens with one attached hydrogen (secondary N) is 4. The third-order valence-electron chi connectivity index (χ3n) is 8.07. The molecule has 2 aromatic carbocycles. The highest BCUT2D eigenvalue weighted by Gasteiger charge is 2.18. The van der Waals surface area contributed by atoms with E-state index in [1.807, 2.05) is 24.3 Å². The quantitative estimate of drug-likeness (QED) is 0.180. The number of carbonyl (C=O) groups is 4. The predicted molar refractivity (Wildman–Crippen MR) is 182 cm³/mol. The van der Waals surface area contributed by atoms with Gasteiger partial charge in [-0.2, -0.15) is 0 Å². The van der Waals surface area contributed by atoms with Crippen LogP contribution in [0.15, 0.2) is 85.3 Å². The SMILES string of the molecule is Cn1cc(NC(=O)c2cc(NC(=O)c3ccc(NC(=O)c4cnc5ccccc5c4)cc3)cn2C)cc1C(=O)NCCN1CCOCC1. The Morgan fingerprint density at radius 2 is 1.31 bits per heavy atom. The molecule has 0 radical (unpaired) electrons. The zero-order valence-electron chi connectivity index (χ0n) is 26.7. The summed E-state index contributed by atoms with van der Waals surface area (Å²) in [5.41, 5.74) is 3.76. The van der Waals surface area contributed by atoms with E-state index < -0.39 is 5.91 Å². The number of benzene rings is 2. The molecule has 4 N–H and O–H groups in total. The van der Waals surface area contributed by atoms with Crippen LogP contribution in [-0.2, 0) is 18.8 Å². The molecular weight excluding hydrogens is 612 g/mol. The Balaban J connectivity index is 1.02. The van der Waals surface area contributed by atoms with Gasteiger partial charge in [-0.25, -0.2) is 0 Å². The van der Waals surface area contributed by atoms with Crippen molar-refractivity contribution in [2.45, 2.75) is 0 Å². The molecule has 0 aliphatic carbocycles. The number of rotatable bonds is 10. The number of pyridine rings is 1.